The summed E-state index contributed by atoms with van der Waals surface area (Å²) in [6.45, 7) is 0. The van der Waals surface area contributed by atoms with Crippen LogP contribution in [0.1, 0.15) is 33.0 Å². The fourth-order valence-corrected chi connectivity index (χ4v) is 5.77. The summed E-state index contributed by atoms with van der Waals surface area (Å²) in [5.74, 6) is -9.97. The smallest absolute Gasteiger partial charge is 0.326 e. The Morgan fingerprint density at radius 1 is 0.857 bits per heavy atom. The molecule has 4 rings (SSSR count). The number of halogens is 11. The second-order valence-corrected chi connectivity index (χ2v) is 11.9. The summed E-state index contributed by atoms with van der Waals surface area (Å²) in [7, 11) is 0. The van der Waals surface area contributed by atoms with Crippen LogP contribution in [-0.4, -0.2) is 28.0 Å². The number of anilines is 1. The van der Waals surface area contributed by atoms with E-state index in [1.54, 1.807) is 0 Å². The number of benzene rings is 3. The Morgan fingerprint density at radius 2 is 1.45 bits per heavy atom. The van der Waals surface area contributed by atoms with E-state index in [1.807, 2.05) is 0 Å². The fraction of sp³-hybridized carbons (Fsp3) is 0.222. The lowest BCUT2D eigenvalue weighted by atomic mass is 9.97. The van der Waals surface area contributed by atoms with Crippen molar-refractivity contribution in [1.82, 2.24) is 0 Å². The molecular weight excluding hydrogens is 678 g/mol. The quantitative estimate of drug-likeness (QED) is 0.111. The molecular formula is C27H14Cl5F6NO3. The van der Waals surface area contributed by atoms with Crippen molar-refractivity contribution in [2.24, 2.45) is 5.92 Å². The highest BCUT2D eigenvalue weighted by atomic mass is 35.5. The van der Waals surface area contributed by atoms with E-state index in [2.05, 4.69) is 5.32 Å². The van der Waals surface area contributed by atoms with Gasteiger partial charge in [0, 0.05) is 30.0 Å². The van der Waals surface area contributed by atoms with Gasteiger partial charge in [-0.3, -0.25) is 14.4 Å². The molecule has 1 aliphatic carbocycles. The molecule has 0 radical (unpaired) electrons. The van der Waals surface area contributed by atoms with Crippen molar-refractivity contribution in [3.8, 4) is 0 Å². The summed E-state index contributed by atoms with van der Waals surface area (Å²) in [6, 6.07) is 7.19. The third-order valence-electron chi connectivity index (χ3n) is 6.51. The number of alkyl halides is 5. The molecule has 1 amide bonds. The van der Waals surface area contributed by atoms with Gasteiger partial charge in [-0.25, -0.2) is 13.2 Å². The Kier molecular flexibility index (Phi) is 9.17. The Hall–Kier alpha value is -2.50. The van der Waals surface area contributed by atoms with E-state index in [4.69, 9.17) is 58.0 Å². The number of hydrogen-bond donors (Lipinski definition) is 1. The summed E-state index contributed by atoms with van der Waals surface area (Å²) in [5, 5.41) is 2.76. The second-order valence-electron chi connectivity index (χ2n) is 9.31. The largest absolute Gasteiger partial charge is 0.450 e. The predicted octanol–water partition coefficient (Wildman–Crippen LogP) is 8.69. The third kappa shape index (κ3) is 6.53. The first-order chi connectivity index (χ1) is 19.4. The maximum absolute atomic E-state index is 14.8. The van der Waals surface area contributed by atoms with Gasteiger partial charge in [-0.15, -0.1) is 23.2 Å². The maximum Gasteiger partial charge on any atom is 0.450 e. The van der Waals surface area contributed by atoms with E-state index in [0.717, 1.165) is 24.3 Å². The van der Waals surface area contributed by atoms with Crippen LogP contribution >= 0.6 is 58.0 Å². The van der Waals surface area contributed by atoms with Gasteiger partial charge < -0.3 is 5.32 Å². The molecule has 1 saturated carbocycles. The zero-order chi connectivity index (χ0) is 31.3. The molecule has 0 saturated heterocycles. The molecule has 1 N–H and O–H groups in total. The molecule has 3 aromatic carbocycles. The number of nitrogens with one attached hydrogen (secondary N) is 1. The minimum absolute atomic E-state index is 0.0669. The van der Waals surface area contributed by atoms with Crippen molar-refractivity contribution in [1.29, 1.82) is 0 Å². The standard InChI is InChI=1S/C27H14Cl5F6NO3/c28-15-5-11(6-16(29)23(15)30)21-22(26(21,31)32)25(42)39-12-2-4-17(33)13(8-12)19(40)7-10-1-3-18(34)14(24(10)35)9-20(41)27(36,37)38/h1-6,8,21-22H,7,9H2,(H,39,42)/t21-,22+/m0/s1. The maximum atomic E-state index is 14.8. The average molecular weight is 692 g/mol. The minimum atomic E-state index is -5.33. The summed E-state index contributed by atoms with van der Waals surface area (Å²) < 4.78 is 79.6. The van der Waals surface area contributed by atoms with Gasteiger partial charge in [0.05, 0.1) is 26.5 Å². The first-order valence-corrected chi connectivity index (χ1v) is 13.5. The highest BCUT2D eigenvalue weighted by Gasteiger charge is 2.67. The van der Waals surface area contributed by atoms with Crippen LogP contribution in [0.5, 0.6) is 0 Å². The van der Waals surface area contributed by atoms with Crippen molar-refractivity contribution in [3.63, 3.8) is 0 Å². The molecule has 4 nitrogen and oxygen atoms in total. The van der Waals surface area contributed by atoms with Crippen LogP contribution in [0.2, 0.25) is 15.1 Å². The molecule has 0 aromatic heterocycles. The molecule has 0 spiro atoms. The number of carbonyl (C=O) groups excluding carboxylic acids is 3. The highest BCUT2D eigenvalue weighted by molar-refractivity contribution is 6.54. The summed E-state index contributed by atoms with van der Waals surface area (Å²) in [6.07, 6.45) is -7.86. The first-order valence-electron chi connectivity index (χ1n) is 11.6. The SMILES string of the molecule is O=C(Cc1ccc(F)c(CC(=O)C(F)(F)F)c1F)c1cc(NC(=O)[C@H]2[C@H](c3cc(Cl)c(Cl)c(Cl)c3)C2(Cl)Cl)ccc1F. The van der Waals surface area contributed by atoms with Gasteiger partial charge in [0.1, 0.15) is 21.8 Å². The van der Waals surface area contributed by atoms with Crippen LogP contribution in [0.15, 0.2) is 42.5 Å². The number of amides is 1. The summed E-state index contributed by atoms with van der Waals surface area (Å²) >= 11 is 30.7. The monoisotopic (exact) mass is 689 g/mol. The normalized spacial score (nSPS) is 17.6. The Labute approximate surface area is 258 Å². The molecule has 15 heteroatoms. The molecule has 0 heterocycles. The lowest BCUT2D eigenvalue weighted by Gasteiger charge is -2.12. The Balaban J connectivity index is 1.53. The highest BCUT2D eigenvalue weighted by Crippen LogP contribution is 2.65. The molecule has 1 fully saturated rings. The van der Waals surface area contributed by atoms with Crippen LogP contribution in [0.25, 0.3) is 0 Å². The van der Waals surface area contributed by atoms with Crippen molar-refractivity contribution < 1.29 is 40.7 Å². The molecule has 0 bridgehead atoms. The van der Waals surface area contributed by atoms with Crippen LogP contribution in [-0.2, 0) is 22.4 Å². The molecule has 0 unspecified atom stereocenters. The van der Waals surface area contributed by atoms with Gasteiger partial charge in [0.2, 0.25) is 11.7 Å². The van der Waals surface area contributed by atoms with Gasteiger partial charge in [0.25, 0.3) is 0 Å². The minimum Gasteiger partial charge on any atom is -0.326 e. The van der Waals surface area contributed by atoms with E-state index >= 15 is 0 Å². The van der Waals surface area contributed by atoms with Crippen LogP contribution in [0.3, 0.4) is 0 Å². The van der Waals surface area contributed by atoms with E-state index in [-0.39, 0.29) is 20.8 Å². The van der Waals surface area contributed by atoms with Gasteiger partial charge >= 0.3 is 6.18 Å². The topological polar surface area (TPSA) is 63.2 Å². The molecule has 42 heavy (non-hydrogen) atoms. The average Bonchev–Trinajstić information content (AvgIpc) is 3.48. The van der Waals surface area contributed by atoms with Crippen molar-refractivity contribution in [3.05, 3.63) is 97.2 Å². The zero-order valence-corrected chi connectivity index (χ0v) is 24.3. The predicted molar refractivity (Wildman–Crippen MR) is 146 cm³/mol. The van der Waals surface area contributed by atoms with Crippen molar-refractivity contribution >= 4 is 81.2 Å². The van der Waals surface area contributed by atoms with Crippen LogP contribution in [0.4, 0.5) is 32.0 Å². The van der Waals surface area contributed by atoms with E-state index < -0.39 is 86.8 Å². The molecule has 3 aromatic rings. The third-order valence-corrected chi connectivity index (χ3v) is 8.64. The van der Waals surface area contributed by atoms with E-state index in [0.29, 0.717) is 11.6 Å². The first kappa shape index (κ1) is 32.4. The second kappa shape index (κ2) is 11.9. The molecule has 0 aliphatic heterocycles. The molecule has 222 valence electrons. The van der Waals surface area contributed by atoms with E-state index in [9.17, 15) is 40.7 Å². The number of ketones is 2. The van der Waals surface area contributed by atoms with Crippen molar-refractivity contribution in [2.75, 3.05) is 5.32 Å². The zero-order valence-electron chi connectivity index (χ0n) is 20.5. The lowest BCUT2D eigenvalue weighted by Crippen LogP contribution is -2.25. The van der Waals surface area contributed by atoms with Gasteiger partial charge in [-0.05, 0) is 47.5 Å². The molecule has 2 atom stereocenters. The van der Waals surface area contributed by atoms with Gasteiger partial charge in [0.15, 0.2) is 5.78 Å². The Bertz CT molecular complexity index is 1610. The Morgan fingerprint density at radius 3 is 2.05 bits per heavy atom. The van der Waals surface area contributed by atoms with Gasteiger partial charge in [-0.2, -0.15) is 13.2 Å². The van der Waals surface area contributed by atoms with Crippen molar-refractivity contribution in [2.45, 2.75) is 29.3 Å². The van der Waals surface area contributed by atoms with Crippen LogP contribution < -0.4 is 5.32 Å². The number of rotatable bonds is 8. The summed E-state index contributed by atoms with van der Waals surface area (Å²) in [5.41, 5.74) is -2.02. The lowest BCUT2D eigenvalue weighted by molar-refractivity contribution is -0.170. The number of Topliss-reactive ketones (excluding diaryl/α,β-unsaturated/α-hetero) is 2. The summed E-state index contributed by atoms with van der Waals surface area (Å²) in [4.78, 5) is 37.1. The number of hydrogen-bond acceptors (Lipinski definition) is 3. The van der Waals surface area contributed by atoms with E-state index in [1.165, 1.54) is 12.1 Å². The fourth-order valence-electron chi connectivity index (χ4n) is 4.33. The number of carbonyl (C=O) groups is 3. The molecule has 1 aliphatic rings. The van der Waals surface area contributed by atoms with Crippen LogP contribution in [0, 0.1) is 23.4 Å². The van der Waals surface area contributed by atoms with Gasteiger partial charge in [-0.1, -0.05) is 40.9 Å².